The Labute approximate surface area is 210 Å². The number of halogens is 1. The van der Waals surface area contributed by atoms with Crippen LogP contribution in [0.2, 0.25) is 5.02 Å². The van der Waals surface area contributed by atoms with Gasteiger partial charge in [0.2, 0.25) is 5.91 Å². The Morgan fingerprint density at radius 3 is 2.37 bits per heavy atom. The summed E-state index contributed by atoms with van der Waals surface area (Å²) in [6.45, 7) is 4.27. The molecule has 1 aromatic heterocycles. The Morgan fingerprint density at radius 2 is 1.66 bits per heavy atom. The molecule has 0 spiro atoms. The fraction of sp³-hybridized carbons (Fsp3) is 0.179. The average molecular weight is 487 g/mol. The van der Waals surface area contributed by atoms with E-state index in [1.807, 2.05) is 86.6 Å². The number of carbonyl (C=O) groups is 2. The molecule has 35 heavy (non-hydrogen) atoms. The molecule has 178 valence electrons. The van der Waals surface area contributed by atoms with Crippen LogP contribution in [0.1, 0.15) is 29.3 Å². The van der Waals surface area contributed by atoms with Crippen molar-refractivity contribution >= 4 is 29.2 Å². The van der Waals surface area contributed by atoms with Gasteiger partial charge >= 0.3 is 0 Å². The Bertz CT molecular complexity index is 1330. The van der Waals surface area contributed by atoms with E-state index in [1.165, 1.54) is 0 Å². The number of hydrogen-bond donors (Lipinski definition) is 1. The maximum atomic E-state index is 13.2. The first kappa shape index (κ1) is 24.2. The normalized spacial score (nSPS) is 10.7. The summed E-state index contributed by atoms with van der Waals surface area (Å²) in [4.78, 5) is 27.9. The highest BCUT2D eigenvalue weighted by molar-refractivity contribution is 6.32. The number of nitrogens with zero attached hydrogens (tertiary/aromatic N) is 3. The van der Waals surface area contributed by atoms with Gasteiger partial charge in [0.25, 0.3) is 5.91 Å². The highest BCUT2D eigenvalue weighted by atomic mass is 35.5. The number of carbonyl (C=O) groups excluding carboxylic acids is 2. The number of hydrogen-bond acceptors (Lipinski definition) is 3. The van der Waals surface area contributed by atoms with Gasteiger partial charge in [-0.25, -0.2) is 4.68 Å². The molecule has 4 rings (SSSR count). The lowest BCUT2D eigenvalue weighted by Crippen LogP contribution is -2.39. The lowest BCUT2D eigenvalue weighted by Gasteiger charge is -2.22. The fourth-order valence-corrected chi connectivity index (χ4v) is 4.10. The van der Waals surface area contributed by atoms with Crippen LogP contribution in [0.25, 0.3) is 16.9 Å². The zero-order valence-corrected chi connectivity index (χ0v) is 20.5. The van der Waals surface area contributed by atoms with E-state index in [4.69, 9.17) is 16.7 Å². The number of para-hydroxylation sites is 1. The average Bonchev–Trinajstić information content (AvgIpc) is 3.28. The minimum Gasteiger partial charge on any atom is -0.329 e. The molecule has 0 aliphatic rings. The number of aryl methyl sites for hydroxylation is 1. The minimum atomic E-state index is -0.312. The first-order valence-electron chi connectivity index (χ1n) is 11.5. The molecule has 3 aromatic carbocycles. The maximum absolute atomic E-state index is 13.2. The van der Waals surface area contributed by atoms with Crippen molar-refractivity contribution in [2.45, 2.75) is 20.3 Å². The molecule has 6 nitrogen and oxygen atoms in total. The molecule has 0 atom stereocenters. The molecule has 0 aliphatic carbocycles. The summed E-state index contributed by atoms with van der Waals surface area (Å²) in [7, 11) is 0. The lowest BCUT2D eigenvalue weighted by molar-refractivity contribution is -0.116. The van der Waals surface area contributed by atoms with Crippen molar-refractivity contribution in [3.05, 3.63) is 101 Å². The van der Waals surface area contributed by atoms with Gasteiger partial charge in [0.05, 0.1) is 16.4 Å². The molecule has 0 radical (unpaired) electrons. The van der Waals surface area contributed by atoms with Crippen LogP contribution in [-0.2, 0) is 4.79 Å². The molecule has 1 N–H and O–H groups in total. The smallest absolute Gasteiger partial charge is 0.254 e. The zero-order valence-electron chi connectivity index (χ0n) is 19.7. The first-order chi connectivity index (χ1) is 17.0. The SMILES string of the molecule is CCCN(CC(=O)Nc1cc(-c2ccccc2)nn1-c1ccccc1Cl)C(=O)c1ccccc1C. The molecule has 2 amide bonds. The third-order valence-electron chi connectivity index (χ3n) is 5.62. The number of anilines is 1. The Hall–Kier alpha value is -3.90. The van der Waals surface area contributed by atoms with Crippen LogP contribution in [0, 0.1) is 6.92 Å². The van der Waals surface area contributed by atoms with Crippen LogP contribution < -0.4 is 5.32 Å². The lowest BCUT2D eigenvalue weighted by atomic mass is 10.1. The number of rotatable bonds is 8. The minimum absolute atomic E-state index is 0.0740. The molecule has 7 heteroatoms. The highest BCUT2D eigenvalue weighted by Crippen LogP contribution is 2.28. The van der Waals surface area contributed by atoms with Gasteiger partial charge in [-0.3, -0.25) is 9.59 Å². The van der Waals surface area contributed by atoms with Gasteiger partial charge in [0.1, 0.15) is 12.4 Å². The predicted octanol–water partition coefficient (Wildman–Crippen LogP) is 5.99. The van der Waals surface area contributed by atoms with E-state index in [9.17, 15) is 9.59 Å². The van der Waals surface area contributed by atoms with E-state index >= 15 is 0 Å². The van der Waals surface area contributed by atoms with Gasteiger partial charge in [-0.2, -0.15) is 5.10 Å². The summed E-state index contributed by atoms with van der Waals surface area (Å²) in [5, 5.41) is 8.16. The fourth-order valence-electron chi connectivity index (χ4n) is 3.89. The first-order valence-corrected chi connectivity index (χ1v) is 11.9. The van der Waals surface area contributed by atoms with Crippen molar-refractivity contribution in [2.75, 3.05) is 18.4 Å². The molecule has 0 aliphatic heterocycles. The van der Waals surface area contributed by atoms with Gasteiger partial charge in [0, 0.05) is 23.7 Å². The van der Waals surface area contributed by atoms with Crippen molar-refractivity contribution in [3.8, 4) is 16.9 Å². The molecule has 0 bridgehead atoms. The standard InChI is InChI=1S/C28H27ClN4O2/c1-3-17-32(28(35)22-14-8-7-11-20(22)2)19-27(34)30-26-18-24(21-12-5-4-6-13-21)31-33(26)25-16-10-9-15-23(25)29/h4-16,18H,3,17,19H2,1-2H3,(H,30,34). The molecule has 0 fully saturated rings. The molecule has 1 heterocycles. The quantitative estimate of drug-likeness (QED) is 0.332. The van der Waals surface area contributed by atoms with E-state index in [2.05, 4.69) is 5.32 Å². The molecular formula is C28H27ClN4O2. The van der Waals surface area contributed by atoms with E-state index in [-0.39, 0.29) is 18.4 Å². The molecule has 0 saturated heterocycles. The van der Waals surface area contributed by atoms with Crippen LogP contribution in [0.3, 0.4) is 0 Å². The second-order valence-electron chi connectivity index (χ2n) is 8.23. The van der Waals surface area contributed by atoms with Crippen LogP contribution >= 0.6 is 11.6 Å². The van der Waals surface area contributed by atoms with Gasteiger partial charge in [0.15, 0.2) is 0 Å². The van der Waals surface area contributed by atoms with Crippen LogP contribution in [-0.4, -0.2) is 39.6 Å². The topological polar surface area (TPSA) is 67.2 Å². The molecule has 0 unspecified atom stereocenters. The largest absolute Gasteiger partial charge is 0.329 e. The monoisotopic (exact) mass is 486 g/mol. The number of amides is 2. The zero-order chi connectivity index (χ0) is 24.8. The van der Waals surface area contributed by atoms with E-state index in [0.717, 1.165) is 17.5 Å². The third-order valence-corrected chi connectivity index (χ3v) is 5.94. The van der Waals surface area contributed by atoms with Gasteiger partial charge in [-0.15, -0.1) is 0 Å². The van der Waals surface area contributed by atoms with E-state index < -0.39 is 0 Å². The van der Waals surface area contributed by atoms with E-state index in [0.29, 0.717) is 34.3 Å². The second-order valence-corrected chi connectivity index (χ2v) is 8.64. The summed E-state index contributed by atoms with van der Waals surface area (Å²) >= 11 is 6.45. The summed E-state index contributed by atoms with van der Waals surface area (Å²) < 4.78 is 1.62. The number of nitrogens with one attached hydrogen (secondary N) is 1. The Morgan fingerprint density at radius 1 is 0.971 bits per heavy atom. The van der Waals surface area contributed by atoms with Crippen molar-refractivity contribution in [1.82, 2.24) is 14.7 Å². The third kappa shape index (κ3) is 5.61. The molecule has 0 saturated carbocycles. The van der Waals surface area contributed by atoms with Crippen LogP contribution in [0.4, 0.5) is 5.82 Å². The van der Waals surface area contributed by atoms with Gasteiger partial charge in [-0.1, -0.05) is 79.2 Å². The predicted molar refractivity (Wildman–Crippen MR) is 140 cm³/mol. The Balaban J connectivity index is 1.62. The Kier molecular flexibility index (Phi) is 7.63. The van der Waals surface area contributed by atoms with Crippen molar-refractivity contribution < 1.29 is 9.59 Å². The van der Waals surface area contributed by atoms with Gasteiger partial charge in [-0.05, 0) is 37.1 Å². The van der Waals surface area contributed by atoms with Crippen LogP contribution in [0.15, 0.2) is 84.9 Å². The summed E-state index contributed by atoms with van der Waals surface area (Å²) in [5.41, 5.74) is 3.73. The van der Waals surface area contributed by atoms with Crippen molar-refractivity contribution in [2.24, 2.45) is 0 Å². The molecule has 4 aromatic rings. The van der Waals surface area contributed by atoms with Crippen molar-refractivity contribution in [3.63, 3.8) is 0 Å². The van der Waals surface area contributed by atoms with Crippen molar-refractivity contribution in [1.29, 1.82) is 0 Å². The number of benzene rings is 3. The summed E-state index contributed by atoms with van der Waals surface area (Å²) in [6, 6.07) is 26.2. The second kappa shape index (κ2) is 11.0. The highest BCUT2D eigenvalue weighted by Gasteiger charge is 2.21. The molecular weight excluding hydrogens is 460 g/mol. The summed E-state index contributed by atoms with van der Waals surface area (Å²) in [5.74, 6) is -0.000345. The van der Waals surface area contributed by atoms with Crippen LogP contribution in [0.5, 0.6) is 0 Å². The maximum Gasteiger partial charge on any atom is 0.254 e. The van der Waals surface area contributed by atoms with Gasteiger partial charge < -0.3 is 10.2 Å². The number of aromatic nitrogens is 2. The summed E-state index contributed by atoms with van der Waals surface area (Å²) in [6.07, 6.45) is 0.737. The van der Waals surface area contributed by atoms with E-state index in [1.54, 1.807) is 21.7 Å².